The summed E-state index contributed by atoms with van der Waals surface area (Å²) in [5.74, 6) is 0.139. The van der Waals surface area contributed by atoms with Gasteiger partial charge in [0, 0.05) is 16.1 Å². The smallest absolute Gasteiger partial charge is 0.227 e. The summed E-state index contributed by atoms with van der Waals surface area (Å²) in [4.78, 5) is 11.5. The molecule has 1 aromatic carbocycles. The van der Waals surface area contributed by atoms with Gasteiger partial charge in [-0.3, -0.25) is 4.79 Å². The quantitative estimate of drug-likeness (QED) is 0.881. The van der Waals surface area contributed by atoms with Gasteiger partial charge < -0.3 is 5.32 Å². The number of benzene rings is 1. The van der Waals surface area contributed by atoms with Crippen LogP contribution in [-0.2, 0) is 4.79 Å². The van der Waals surface area contributed by atoms with E-state index < -0.39 is 0 Å². The van der Waals surface area contributed by atoms with Crippen LogP contribution in [0.3, 0.4) is 0 Å². The number of amides is 1. The van der Waals surface area contributed by atoms with Gasteiger partial charge in [-0.25, -0.2) is 0 Å². The largest absolute Gasteiger partial charge is 0.326 e. The van der Waals surface area contributed by atoms with Gasteiger partial charge in [-0.1, -0.05) is 35.8 Å². The van der Waals surface area contributed by atoms with Crippen LogP contribution in [0.15, 0.2) is 28.7 Å². The van der Waals surface area contributed by atoms with Gasteiger partial charge >= 0.3 is 0 Å². The SMILES string of the molecule is CCC(C)C(=O)Nc1cccc(Br)c1. The van der Waals surface area contributed by atoms with E-state index in [0.717, 1.165) is 16.6 Å². The molecule has 76 valence electrons. The fourth-order valence-corrected chi connectivity index (χ4v) is 1.42. The second kappa shape index (κ2) is 5.15. The maximum absolute atomic E-state index is 11.5. The molecule has 0 saturated carbocycles. The Labute approximate surface area is 92.8 Å². The summed E-state index contributed by atoms with van der Waals surface area (Å²) in [6.07, 6.45) is 0.861. The maximum atomic E-state index is 11.5. The van der Waals surface area contributed by atoms with Gasteiger partial charge in [0.2, 0.25) is 5.91 Å². The number of nitrogens with one attached hydrogen (secondary N) is 1. The van der Waals surface area contributed by atoms with E-state index in [-0.39, 0.29) is 11.8 Å². The normalized spacial score (nSPS) is 12.2. The van der Waals surface area contributed by atoms with E-state index in [1.54, 1.807) is 0 Å². The Bertz CT molecular complexity index is 325. The van der Waals surface area contributed by atoms with Crippen LogP contribution in [0.2, 0.25) is 0 Å². The number of halogens is 1. The Balaban J connectivity index is 2.65. The zero-order chi connectivity index (χ0) is 10.6. The zero-order valence-electron chi connectivity index (χ0n) is 8.38. The van der Waals surface area contributed by atoms with Gasteiger partial charge in [-0.15, -0.1) is 0 Å². The van der Waals surface area contributed by atoms with Crippen LogP contribution >= 0.6 is 15.9 Å². The van der Waals surface area contributed by atoms with Crippen molar-refractivity contribution in [3.8, 4) is 0 Å². The van der Waals surface area contributed by atoms with Crippen molar-refractivity contribution in [2.75, 3.05) is 5.32 Å². The maximum Gasteiger partial charge on any atom is 0.227 e. The lowest BCUT2D eigenvalue weighted by Gasteiger charge is -2.09. The molecule has 0 saturated heterocycles. The number of hydrogen-bond donors (Lipinski definition) is 1. The van der Waals surface area contributed by atoms with Gasteiger partial charge in [-0.05, 0) is 24.6 Å². The number of hydrogen-bond acceptors (Lipinski definition) is 1. The van der Waals surface area contributed by atoms with Crippen LogP contribution in [0.5, 0.6) is 0 Å². The minimum absolute atomic E-state index is 0.0639. The zero-order valence-corrected chi connectivity index (χ0v) is 9.97. The Hall–Kier alpha value is -0.830. The summed E-state index contributed by atoms with van der Waals surface area (Å²) >= 11 is 3.35. The first-order chi connectivity index (χ1) is 6.63. The number of carbonyl (C=O) groups is 1. The van der Waals surface area contributed by atoms with E-state index in [1.807, 2.05) is 38.1 Å². The van der Waals surface area contributed by atoms with Crippen LogP contribution in [-0.4, -0.2) is 5.91 Å². The third kappa shape index (κ3) is 3.14. The minimum Gasteiger partial charge on any atom is -0.326 e. The molecule has 0 aliphatic rings. The molecule has 0 heterocycles. The predicted molar refractivity (Wildman–Crippen MR) is 62.2 cm³/mol. The summed E-state index contributed by atoms with van der Waals surface area (Å²) in [5, 5.41) is 2.86. The average molecular weight is 256 g/mol. The first-order valence-electron chi connectivity index (χ1n) is 4.70. The van der Waals surface area contributed by atoms with Crippen LogP contribution in [0.1, 0.15) is 20.3 Å². The lowest BCUT2D eigenvalue weighted by molar-refractivity contribution is -0.119. The highest BCUT2D eigenvalue weighted by Gasteiger charge is 2.09. The van der Waals surface area contributed by atoms with Gasteiger partial charge in [0.25, 0.3) is 0 Å². The minimum atomic E-state index is 0.0639. The molecule has 3 heteroatoms. The number of anilines is 1. The van der Waals surface area contributed by atoms with E-state index in [1.165, 1.54) is 0 Å². The molecule has 0 fully saturated rings. The highest BCUT2D eigenvalue weighted by molar-refractivity contribution is 9.10. The van der Waals surface area contributed by atoms with Crippen LogP contribution in [0.4, 0.5) is 5.69 Å². The van der Waals surface area contributed by atoms with Crippen molar-refractivity contribution in [1.29, 1.82) is 0 Å². The molecule has 0 bridgehead atoms. The first-order valence-corrected chi connectivity index (χ1v) is 5.49. The van der Waals surface area contributed by atoms with E-state index in [4.69, 9.17) is 0 Å². The summed E-state index contributed by atoms with van der Waals surface area (Å²) in [7, 11) is 0. The first kappa shape index (κ1) is 11.2. The Morgan fingerprint density at radius 1 is 1.57 bits per heavy atom. The van der Waals surface area contributed by atoms with Gasteiger partial charge in [-0.2, -0.15) is 0 Å². The topological polar surface area (TPSA) is 29.1 Å². The third-order valence-corrected chi connectivity index (χ3v) is 2.65. The molecule has 1 unspecified atom stereocenters. The molecule has 1 N–H and O–H groups in total. The number of carbonyl (C=O) groups excluding carboxylic acids is 1. The van der Waals surface area contributed by atoms with E-state index in [9.17, 15) is 4.79 Å². The molecule has 14 heavy (non-hydrogen) atoms. The predicted octanol–water partition coefficient (Wildman–Crippen LogP) is 3.43. The second-order valence-electron chi connectivity index (χ2n) is 3.31. The molecular weight excluding hydrogens is 242 g/mol. The van der Waals surface area contributed by atoms with Crippen molar-refractivity contribution in [2.45, 2.75) is 20.3 Å². The molecule has 1 rings (SSSR count). The molecule has 0 aromatic heterocycles. The summed E-state index contributed by atoms with van der Waals surface area (Å²) in [6.45, 7) is 3.93. The Kier molecular flexibility index (Phi) is 4.14. The van der Waals surface area contributed by atoms with E-state index in [2.05, 4.69) is 21.2 Å². The Morgan fingerprint density at radius 2 is 2.29 bits per heavy atom. The average Bonchev–Trinajstić information content (AvgIpc) is 2.16. The molecule has 2 nitrogen and oxygen atoms in total. The monoisotopic (exact) mass is 255 g/mol. The van der Waals surface area contributed by atoms with Crippen LogP contribution in [0.25, 0.3) is 0 Å². The highest BCUT2D eigenvalue weighted by Crippen LogP contribution is 2.16. The standard InChI is InChI=1S/C11H14BrNO/c1-3-8(2)11(14)13-10-6-4-5-9(12)7-10/h4-8H,3H2,1-2H3,(H,13,14). The molecule has 0 aliphatic carbocycles. The number of rotatable bonds is 3. The van der Waals surface area contributed by atoms with Crippen molar-refractivity contribution >= 4 is 27.5 Å². The van der Waals surface area contributed by atoms with E-state index in [0.29, 0.717) is 0 Å². The summed E-state index contributed by atoms with van der Waals surface area (Å²) < 4.78 is 0.972. The van der Waals surface area contributed by atoms with Crippen molar-refractivity contribution in [3.05, 3.63) is 28.7 Å². The molecule has 0 aliphatic heterocycles. The summed E-state index contributed by atoms with van der Waals surface area (Å²) in [6, 6.07) is 7.60. The van der Waals surface area contributed by atoms with Crippen LogP contribution in [0, 0.1) is 5.92 Å². The van der Waals surface area contributed by atoms with Gasteiger partial charge in [0.15, 0.2) is 0 Å². The lowest BCUT2D eigenvalue weighted by atomic mass is 10.1. The Morgan fingerprint density at radius 3 is 2.86 bits per heavy atom. The van der Waals surface area contributed by atoms with Crippen molar-refractivity contribution < 1.29 is 4.79 Å². The molecular formula is C11H14BrNO. The lowest BCUT2D eigenvalue weighted by Crippen LogP contribution is -2.19. The van der Waals surface area contributed by atoms with Crippen molar-refractivity contribution in [3.63, 3.8) is 0 Å². The highest BCUT2D eigenvalue weighted by atomic mass is 79.9. The van der Waals surface area contributed by atoms with Crippen molar-refractivity contribution in [2.24, 2.45) is 5.92 Å². The summed E-state index contributed by atoms with van der Waals surface area (Å²) in [5.41, 5.74) is 0.838. The van der Waals surface area contributed by atoms with Crippen LogP contribution < -0.4 is 5.32 Å². The third-order valence-electron chi connectivity index (χ3n) is 2.15. The fraction of sp³-hybridized carbons (Fsp3) is 0.364. The molecule has 0 spiro atoms. The van der Waals surface area contributed by atoms with Gasteiger partial charge in [0.1, 0.15) is 0 Å². The van der Waals surface area contributed by atoms with Crippen molar-refractivity contribution in [1.82, 2.24) is 0 Å². The molecule has 0 radical (unpaired) electrons. The fourth-order valence-electron chi connectivity index (χ4n) is 1.02. The second-order valence-corrected chi connectivity index (χ2v) is 4.22. The van der Waals surface area contributed by atoms with Gasteiger partial charge in [0.05, 0.1) is 0 Å². The molecule has 1 aromatic rings. The molecule has 1 amide bonds. The molecule has 1 atom stereocenters. The van der Waals surface area contributed by atoms with E-state index >= 15 is 0 Å².